The van der Waals surface area contributed by atoms with E-state index >= 15 is 0 Å². The number of nitrogens with zero attached hydrogens (tertiary/aromatic N) is 2. The Hall–Kier alpha value is -1.60. The van der Waals surface area contributed by atoms with Crippen molar-refractivity contribution in [1.29, 1.82) is 0 Å². The number of rotatable bonds is 7. The van der Waals surface area contributed by atoms with Crippen molar-refractivity contribution in [3.63, 3.8) is 0 Å². The summed E-state index contributed by atoms with van der Waals surface area (Å²) in [5.74, 6) is -0.0729. The summed E-state index contributed by atoms with van der Waals surface area (Å²) in [5.41, 5.74) is 1.15. The quantitative estimate of drug-likeness (QED) is 0.806. The van der Waals surface area contributed by atoms with Gasteiger partial charge in [0.15, 0.2) is 0 Å². The number of anilines is 1. The zero-order chi connectivity index (χ0) is 16.7. The second-order valence-electron chi connectivity index (χ2n) is 5.70. The summed E-state index contributed by atoms with van der Waals surface area (Å²) >= 11 is 0. The maximum atomic E-state index is 12.1. The second-order valence-corrected chi connectivity index (χ2v) is 7.62. The highest BCUT2D eigenvalue weighted by Gasteiger charge is 2.22. The number of hydrogen-bond acceptors (Lipinski definition) is 4. The first-order valence-corrected chi connectivity index (χ1v) is 9.72. The van der Waals surface area contributed by atoms with E-state index in [1.54, 1.807) is 4.90 Å². The summed E-state index contributed by atoms with van der Waals surface area (Å²) in [5, 5.41) is 0. The van der Waals surface area contributed by atoms with Crippen molar-refractivity contribution >= 4 is 21.6 Å². The molecular formula is C16H25N3O3S. The van der Waals surface area contributed by atoms with E-state index in [0.29, 0.717) is 19.5 Å². The minimum Gasteiger partial charge on any atom is -0.368 e. The van der Waals surface area contributed by atoms with E-state index in [1.807, 2.05) is 25.1 Å². The molecule has 0 spiro atoms. The van der Waals surface area contributed by atoms with Gasteiger partial charge in [0, 0.05) is 31.9 Å². The lowest BCUT2D eigenvalue weighted by molar-refractivity contribution is -0.130. The number of hydrogen-bond donors (Lipinski definition) is 1. The van der Waals surface area contributed by atoms with Gasteiger partial charge in [-0.15, -0.1) is 0 Å². The second kappa shape index (κ2) is 8.31. The Morgan fingerprint density at radius 1 is 1.13 bits per heavy atom. The Kier molecular flexibility index (Phi) is 6.41. The molecule has 7 heteroatoms. The molecule has 1 N–H and O–H groups in total. The molecule has 0 aliphatic carbocycles. The van der Waals surface area contributed by atoms with Gasteiger partial charge < -0.3 is 9.80 Å². The summed E-state index contributed by atoms with van der Waals surface area (Å²) < 4.78 is 25.8. The van der Waals surface area contributed by atoms with Gasteiger partial charge in [-0.2, -0.15) is 0 Å². The molecule has 1 aromatic carbocycles. The third-order valence-corrected chi connectivity index (χ3v) is 5.37. The van der Waals surface area contributed by atoms with Crippen LogP contribution >= 0.6 is 0 Å². The molecule has 1 fully saturated rings. The van der Waals surface area contributed by atoms with Gasteiger partial charge in [-0.05, 0) is 18.6 Å². The van der Waals surface area contributed by atoms with Crippen LogP contribution in [0.5, 0.6) is 0 Å². The topological polar surface area (TPSA) is 69.7 Å². The van der Waals surface area contributed by atoms with Crippen molar-refractivity contribution in [2.45, 2.75) is 19.8 Å². The molecule has 0 atom stereocenters. The van der Waals surface area contributed by atoms with Gasteiger partial charge in [0.2, 0.25) is 15.9 Å². The molecule has 128 valence electrons. The van der Waals surface area contributed by atoms with Crippen molar-refractivity contribution < 1.29 is 13.2 Å². The number of unbranched alkanes of at least 4 members (excludes halogenated alkanes) is 1. The summed E-state index contributed by atoms with van der Waals surface area (Å²) in [6.45, 7) is 4.55. The van der Waals surface area contributed by atoms with E-state index in [4.69, 9.17) is 0 Å². The van der Waals surface area contributed by atoms with Crippen LogP contribution in [0.15, 0.2) is 30.3 Å². The van der Waals surface area contributed by atoms with Crippen LogP contribution in [0.3, 0.4) is 0 Å². The Morgan fingerprint density at radius 2 is 1.78 bits per heavy atom. The number of carbonyl (C=O) groups excluding carboxylic acids is 1. The van der Waals surface area contributed by atoms with Gasteiger partial charge in [0.25, 0.3) is 0 Å². The molecule has 23 heavy (non-hydrogen) atoms. The molecule has 0 bridgehead atoms. The highest BCUT2D eigenvalue weighted by Crippen LogP contribution is 2.15. The van der Waals surface area contributed by atoms with Crippen LogP contribution in [0.25, 0.3) is 0 Å². The number of carbonyl (C=O) groups is 1. The van der Waals surface area contributed by atoms with Crippen LogP contribution in [0.4, 0.5) is 5.69 Å². The standard InChI is InChI=1S/C16H25N3O3S/c1-2-3-13-23(21,22)17-14-16(20)19-11-9-18(10-12-19)15-7-5-4-6-8-15/h4-8,17H,2-3,9-14H2,1H3. The molecule has 1 amide bonds. The molecule has 1 heterocycles. The molecule has 0 aromatic heterocycles. The Labute approximate surface area is 138 Å². The smallest absolute Gasteiger partial charge is 0.237 e. The number of amides is 1. The molecule has 0 radical (unpaired) electrons. The zero-order valence-corrected chi connectivity index (χ0v) is 14.4. The van der Waals surface area contributed by atoms with E-state index in [9.17, 15) is 13.2 Å². The van der Waals surface area contributed by atoms with Gasteiger partial charge in [-0.1, -0.05) is 31.5 Å². The van der Waals surface area contributed by atoms with Gasteiger partial charge >= 0.3 is 0 Å². The Morgan fingerprint density at radius 3 is 2.39 bits per heavy atom. The fourth-order valence-corrected chi connectivity index (χ4v) is 3.70. The fourth-order valence-electron chi connectivity index (χ4n) is 2.54. The van der Waals surface area contributed by atoms with Crippen LogP contribution in [0.2, 0.25) is 0 Å². The molecule has 1 aliphatic heterocycles. The van der Waals surface area contributed by atoms with Crippen molar-refractivity contribution in [3.8, 4) is 0 Å². The molecule has 0 saturated carbocycles. The SMILES string of the molecule is CCCCS(=O)(=O)NCC(=O)N1CCN(c2ccccc2)CC1. The van der Waals surface area contributed by atoms with Gasteiger partial charge in [-0.3, -0.25) is 4.79 Å². The van der Waals surface area contributed by atoms with E-state index < -0.39 is 10.0 Å². The number of sulfonamides is 1. The van der Waals surface area contributed by atoms with E-state index in [2.05, 4.69) is 21.8 Å². The molecule has 6 nitrogen and oxygen atoms in total. The number of piperazine rings is 1. The number of para-hydroxylation sites is 1. The normalized spacial score (nSPS) is 15.7. The summed E-state index contributed by atoms with van der Waals surface area (Å²) in [6, 6.07) is 10.1. The van der Waals surface area contributed by atoms with Crippen LogP contribution in [-0.4, -0.2) is 57.7 Å². The van der Waals surface area contributed by atoms with Crippen LogP contribution < -0.4 is 9.62 Å². The maximum absolute atomic E-state index is 12.1. The third kappa shape index (κ3) is 5.51. The average molecular weight is 339 g/mol. The first kappa shape index (κ1) is 17.7. The van der Waals surface area contributed by atoms with Crippen molar-refractivity contribution in [2.75, 3.05) is 43.4 Å². The first-order chi connectivity index (χ1) is 11.0. The van der Waals surface area contributed by atoms with E-state index in [-0.39, 0.29) is 18.2 Å². The maximum Gasteiger partial charge on any atom is 0.237 e. The molecular weight excluding hydrogens is 314 g/mol. The molecule has 2 rings (SSSR count). The van der Waals surface area contributed by atoms with E-state index in [1.165, 1.54) is 0 Å². The first-order valence-electron chi connectivity index (χ1n) is 8.07. The number of benzene rings is 1. The molecule has 0 unspecified atom stereocenters. The molecule has 1 aromatic rings. The van der Waals surface area contributed by atoms with E-state index in [0.717, 1.165) is 25.2 Å². The fraction of sp³-hybridized carbons (Fsp3) is 0.562. The third-order valence-electron chi connectivity index (χ3n) is 3.96. The monoisotopic (exact) mass is 339 g/mol. The summed E-state index contributed by atoms with van der Waals surface area (Å²) in [4.78, 5) is 16.1. The Balaban J connectivity index is 1.78. The Bertz CT molecular complexity index is 596. The van der Waals surface area contributed by atoms with Gasteiger partial charge in [0.05, 0.1) is 12.3 Å². The van der Waals surface area contributed by atoms with Crippen molar-refractivity contribution in [3.05, 3.63) is 30.3 Å². The van der Waals surface area contributed by atoms with Crippen molar-refractivity contribution in [2.24, 2.45) is 0 Å². The lowest BCUT2D eigenvalue weighted by Gasteiger charge is -2.36. The largest absolute Gasteiger partial charge is 0.368 e. The average Bonchev–Trinajstić information content (AvgIpc) is 2.59. The summed E-state index contributed by atoms with van der Waals surface area (Å²) in [7, 11) is -3.34. The highest BCUT2D eigenvalue weighted by atomic mass is 32.2. The molecule has 1 saturated heterocycles. The van der Waals surface area contributed by atoms with Crippen molar-refractivity contribution in [1.82, 2.24) is 9.62 Å². The van der Waals surface area contributed by atoms with Crippen LogP contribution in [-0.2, 0) is 14.8 Å². The predicted octanol–water partition coefficient (Wildman–Crippen LogP) is 1.05. The number of nitrogens with one attached hydrogen (secondary N) is 1. The minimum absolute atomic E-state index is 0.0819. The van der Waals surface area contributed by atoms with Gasteiger partial charge in [-0.25, -0.2) is 13.1 Å². The minimum atomic E-state index is -3.34. The lowest BCUT2D eigenvalue weighted by atomic mass is 10.2. The summed E-state index contributed by atoms with van der Waals surface area (Å²) in [6.07, 6.45) is 1.43. The predicted molar refractivity (Wildman–Crippen MR) is 91.9 cm³/mol. The lowest BCUT2D eigenvalue weighted by Crippen LogP contribution is -2.51. The van der Waals surface area contributed by atoms with Crippen LogP contribution in [0.1, 0.15) is 19.8 Å². The van der Waals surface area contributed by atoms with Gasteiger partial charge in [0.1, 0.15) is 0 Å². The highest BCUT2D eigenvalue weighted by molar-refractivity contribution is 7.89. The molecule has 1 aliphatic rings. The zero-order valence-electron chi connectivity index (χ0n) is 13.6. The van der Waals surface area contributed by atoms with Crippen LogP contribution in [0, 0.1) is 0 Å².